The molecule has 0 atom stereocenters. The summed E-state index contributed by atoms with van der Waals surface area (Å²) < 4.78 is 24.8. The molecule has 10 heavy (non-hydrogen) atoms. The van der Waals surface area contributed by atoms with E-state index in [-0.39, 0.29) is 0 Å². The molecule has 0 fully saturated rings. The number of hydrogen-bond donors (Lipinski definition) is 0. The van der Waals surface area contributed by atoms with Gasteiger partial charge in [0, 0.05) is 12.8 Å². The molecule has 1 radical (unpaired) electrons. The van der Waals surface area contributed by atoms with E-state index in [0.29, 0.717) is 12.8 Å². The van der Waals surface area contributed by atoms with Gasteiger partial charge in [0.05, 0.1) is 0 Å². The highest BCUT2D eigenvalue weighted by molar-refractivity contribution is 5.15. The van der Waals surface area contributed by atoms with Gasteiger partial charge in [0.15, 0.2) is 0 Å². The Hall–Kier alpha value is -0.580. The van der Waals surface area contributed by atoms with Crippen molar-refractivity contribution in [2.45, 2.75) is 31.6 Å². The van der Waals surface area contributed by atoms with Crippen LogP contribution in [0.2, 0.25) is 0 Å². The minimum absolute atomic E-state index is 0.488. The van der Waals surface area contributed by atoms with Crippen molar-refractivity contribution in [2.75, 3.05) is 0 Å². The standard InChI is InChI=1S/C8H9F2/c9-8(10)6-4-2-1-3-5-7-8/h6H,1-4H2. The quantitative estimate of drug-likeness (QED) is 0.457. The SMILES string of the molecule is FC1(F)C#CCCCC[CH]1. The van der Waals surface area contributed by atoms with E-state index in [9.17, 15) is 8.78 Å². The summed E-state index contributed by atoms with van der Waals surface area (Å²) in [7, 11) is 0. The van der Waals surface area contributed by atoms with Gasteiger partial charge in [0.25, 0.3) is 0 Å². The van der Waals surface area contributed by atoms with E-state index in [2.05, 4.69) is 5.92 Å². The first-order valence-electron chi connectivity index (χ1n) is 3.43. The van der Waals surface area contributed by atoms with Crippen molar-refractivity contribution in [3.8, 4) is 11.8 Å². The Bertz CT molecular complexity index is 162. The largest absolute Gasteiger partial charge is 0.311 e. The zero-order chi connectivity index (χ0) is 7.45. The van der Waals surface area contributed by atoms with Crippen LogP contribution < -0.4 is 0 Å². The summed E-state index contributed by atoms with van der Waals surface area (Å²) in [4.78, 5) is 0. The molecule has 0 saturated carbocycles. The van der Waals surface area contributed by atoms with E-state index < -0.39 is 5.92 Å². The molecule has 2 heteroatoms. The van der Waals surface area contributed by atoms with Gasteiger partial charge in [-0.3, -0.25) is 0 Å². The topological polar surface area (TPSA) is 0 Å². The summed E-state index contributed by atoms with van der Waals surface area (Å²) in [5.74, 6) is 1.54. The fourth-order valence-corrected chi connectivity index (χ4v) is 0.872. The van der Waals surface area contributed by atoms with Crippen LogP contribution in [0, 0.1) is 18.3 Å². The summed E-state index contributed by atoms with van der Waals surface area (Å²) in [6.07, 6.45) is 3.88. The average molecular weight is 143 g/mol. The van der Waals surface area contributed by atoms with E-state index in [1.165, 1.54) is 0 Å². The van der Waals surface area contributed by atoms with Crippen LogP contribution in [0.15, 0.2) is 0 Å². The molecule has 0 spiro atoms. The molecule has 0 amide bonds. The minimum atomic E-state index is -2.83. The van der Waals surface area contributed by atoms with Crippen LogP contribution in [-0.2, 0) is 0 Å². The first-order valence-corrected chi connectivity index (χ1v) is 3.43. The summed E-state index contributed by atoms with van der Waals surface area (Å²) >= 11 is 0. The second-order valence-corrected chi connectivity index (χ2v) is 2.37. The van der Waals surface area contributed by atoms with Crippen molar-refractivity contribution in [3.63, 3.8) is 0 Å². The van der Waals surface area contributed by atoms with Crippen molar-refractivity contribution in [3.05, 3.63) is 6.42 Å². The van der Waals surface area contributed by atoms with E-state index >= 15 is 0 Å². The molecule has 0 aromatic heterocycles. The molecule has 0 N–H and O–H groups in total. The Morgan fingerprint density at radius 3 is 2.90 bits per heavy atom. The highest BCUT2D eigenvalue weighted by Gasteiger charge is 2.25. The van der Waals surface area contributed by atoms with Gasteiger partial charge in [-0.15, -0.1) is 0 Å². The number of rotatable bonds is 0. The number of alkyl halides is 2. The Morgan fingerprint density at radius 1 is 1.30 bits per heavy atom. The third kappa shape index (κ3) is 2.34. The normalized spacial score (nSPS) is 23.8. The van der Waals surface area contributed by atoms with Gasteiger partial charge in [-0.05, 0) is 18.8 Å². The van der Waals surface area contributed by atoms with Crippen LogP contribution in [-0.4, -0.2) is 5.92 Å². The van der Waals surface area contributed by atoms with E-state index in [1.807, 2.05) is 5.92 Å². The lowest BCUT2D eigenvalue weighted by Crippen LogP contribution is -2.14. The molecule has 0 heterocycles. The maximum Gasteiger partial charge on any atom is 0.311 e. The summed E-state index contributed by atoms with van der Waals surface area (Å²) in [5.41, 5.74) is 0. The Morgan fingerprint density at radius 2 is 2.10 bits per heavy atom. The zero-order valence-corrected chi connectivity index (χ0v) is 5.66. The average Bonchev–Trinajstić information content (AvgIpc) is 1.81. The predicted octanol–water partition coefficient (Wildman–Crippen LogP) is 2.40. The molecule has 1 aliphatic carbocycles. The highest BCUT2D eigenvalue weighted by Crippen LogP contribution is 2.21. The van der Waals surface area contributed by atoms with Gasteiger partial charge in [0.1, 0.15) is 0 Å². The monoisotopic (exact) mass is 143 g/mol. The molecular weight excluding hydrogens is 134 g/mol. The lowest BCUT2D eigenvalue weighted by molar-refractivity contribution is 0.0983. The lowest BCUT2D eigenvalue weighted by Gasteiger charge is -2.09. The second-order valence-electron chi connectivity index (χ2n) is 2.37. The number of hydrogen-bond acceptors (Lipinski definition) is 0. The molecule has 0 aromatic rings. The molecule has 1 aliphatic rings. The molecule has 0 aromatic carbocycles. The lowest BCUT2D eigenvalue weighted by atomic mass is 10.1. The summed E-state index contributed by atoms with van der Waals surface area (Å²) in [6, 6.07) is 0. The van der Waals surface area contributed by atoms with Crippen LogP contribution in [0.1, 0.15) is 25.7 Å². The molecule has 0 nitrogen and oxygen atoms in total. The molecular formula is C8H9F2. The van der Waals surface area contributed by atoms with Gasteiger partial charge in [-0.25, -0.2) is 0 Å². The van der Waals surface area contributed by atoms with E-state index in [0.717, 1.165) is 19.3 Å². The van der Waals surface area contributed by atoms with Gasteiger partial charge in [0.2, 0.25) is 0 Å². The van der Waals surface area contributed by atoms with E-state index in [1.54, 1.807) is 0 Å². The fourth-order valence-electron chi connectivity index (χ4n) is 0.872. The second kappa shape index (κ2) is 3.01. The minimum Gasteiger partial charge on any atom is -0.192 e. The predicted molar refractivity (Wildman–Crippen MR) is 35.5 cm³/mol. The van der Waals surface area contributed by atoms with Crippen LogP contribution >= 0.6 is 0 Å². The molecule has 0 unspecified atom stereocenters. The van der Waals surface area contributed by atoms with Crippen molar-refractivity contribution in [1.82, 2.24) is 0 Å². The van der Waals surface area contributed by atoms with Crippen molar-refractivity contribution in [2.24, 2.45) is 0 Å². The van der Waals surface area contributed by atoms with Crippen LogP contribution in [0.25, 0.3) is 0 Å². The Kier molecular flexibility index (Phi) is 2.26. The Labute approximate surface area is 59.6 Å². The van der Waals surface area contributed by atoms with Crippen molar-refractivity contribution in [1.29, 1.82) is 0 Å². The van der Waals surface area contributed by atoms with Crippen LogP contribution in [0.4, 0.5) is 8.78 Å². The summed E-state index contributed by atoms with van der Waals surface area (Å²) in [5, 5.41) is 0. The molecule has 0 saturated heterocycles. The van der Waals surface area contributed by atoms with Crippen molar-refractivity contribution < 1.29 is 8.78 Å². The van der Waals surface area contributed by atoms with Crippen molar-refractivity contribution >= 4 is 0 Å². The molecule has 1 rings (SSSR count). The first kappa shape index (κ1) is 7.53. The molecule has 0 bridgehead atoms. The highest BCUT2D eigenvalue weighted by atomic mass is 19.3. The third-order valence-electron chi connectivity index (χ3n) is 1.41. The van der Waals surface area contributed by atoms with Gasteiger partial charge >= 0.3 is 5.92 Å². The maximum absolute atomic E-state index is 12.4. The Balaban J connectivity index is 2.56. The van der Waals surface area contributed by atoms with Gasteiger partial charge in [-0.1, -0.05) is 12.3 Å². The molecule has 0 aliphatic heterocycles. The van der Waals surface area contributed by atoms with Crippen LogP contribution in [0.3, 0.4) is 0 Å². The zero-order valence-electron chi connectivity index (χ0n) is 5.66. The summed E-state index contributed by atoms with van der Waals surface area (Å²) in [6.45, 7) is 0. The third-order valence-corrected chi connectivity index (χ3v) is 1.41. The number of halogens is 2. The van der Waals surface area contributed by atoms with Gasteiger partial charge in [-0.2, -0.15) is 8.78 Å². The van der Waals surface area contributed by atoms with E-state index in [4.69, 9.17) is 0 Å². The first-order chi connectivity index (χ1) is 4.71. The maximum atomic E-state index is 12.4. The fraction of sp³-hybridized carbons (Fsp3) is 0.625. The molecule has 55 valence electrons. The van der Waals surface area contributed by atoms with Gasteiger partial charge < -0.3 is 0 Å². The smallest absolute Gasteiger partial charge is 0.192 e. The van der Waals surface area contributed by atoms with Crippen LogP contribution in [0.5, 0.6) is 0 Å².